The van der Waals surface area contributed by atoms with Gasteiger partial charge >= 0.3 is 0 Å². The number of hydrogen-bond acceptors (Lipinski definition) is 4. The number of rotatable bonds is 10. The van der Waals surface area contributed by atoms with E-state index in [1.807, 2.05) is 6.07 Å². The van der Waals surface area contributed by atoms with E-state index in [1.54, 1.807) is 0 Å². The minimum atomic E-state index is -0.723. The number of hydrogen-bond donors (Lipinski definition) is 0. The molecule has 2 heterocycles. The summed E-state index contributed by atoms with van der Waals surface area (Å²) in [5.41, 5.74) is 19.0. The highest BCUT2D eigenvalue weighted by Gasteiger charge is 2.48. The summed E-state index contributed by atoms with van der Waals surface area (Å²) >= 11 is 0. The van der Waals surface area contributed by atoms with Gasteiger partial charge in [0, 0.05) is 44.3 Å². The van der Waals surface area contributed by atoms with Crippen LogP contribution >= 0.6 is 0 Å². The third-order valence-corrected chi connectivity index (χ3v) is 17.8. The van der Waals surface area contributed by atoms with Crippen molar-refractivity contribution >= 4 is 110 Å². The van der Waals surface area contributed by atoms with E-state index in [-0.39, 0.29) is 0 Å². The molecule has 0 bridgehead atoms. The van der Waals surface area contributed by atoms with Crippen molar-refractivity contribution in [3.05, 3.63) is 300 Å². The first-order valence-electron chi connectivity index (χ1n) is 29.1. The monoisotopic (exact) mass is 1070 g/mol. The molecule has 13 aromatic carbocycles. The minimum Gasteiger partial charge on any atom is -0.454 e. The van der Waals surface area contributed by atoms with Crippen LogP contribution in [0, 0.1) is 0 Å². The van der Waals surface area contributed by atoms with E-state index in [1.165, 1.54) is 71.4 Å². The van der Waals surface area contributed by atoms with Gasteiger partial charge in [0.15, 0.2) is 11.2 Å². The van der Waals surface area contributed by atoms with Crippen molar-refractivity contribution in [3.8, 4) is 11.1 Å². The minimum absolute atomic E-state index is 0.398. The Morgan fingerprint density at radius 3 is 1.33 bits per heavy atom. The fourth-order valence-electron chi connectivity index (χ4n) is 13.9. The number of benzene rings is 13. The van der Waals surface area contributed by atoms with Crippen LogP contribution in [0.5, 0.6) is 0 Å². The average molecular weight is 1070 g/mol. The van der Waals surface area contributed by atoms with Crippen LogP contribution < -0.4 is 9.80 Å². The summed E-state index contributed by atoms with van der Waals surface area (Å²) in [6.07, 6.45) is 0. The number of para-hydroxylation sites is 4. The predicted molar refractivity (Wildman–Crippen MR) is 348 cm³/mol. The molecule has 4 heteroatoms. The first kappa shape index (κ1) is 48.7. The zero-order chi connectivity index (χ0) is 55.5. The van der Waals surface area contributed by atoms with Gasteiger partial charge in [0.25, 0.3) is 0 Å². The molecule has 396 valence electrons. The molecule has 0 saturated heterocycles. The molecule has 0 spiro atoms. The van der Waals surface area contributed by atoms with Gasteiger partial charge in [0.1, 0.15) is 11.2 Å². The van der Waals surface area contributed by atoms with Gasteiger partial charge in [-0.05, 0) is 174 Å². The predicted octanol–water partition coefficient (Wildman–Crippen LogP) is 22.5. The molecule has 0 radical (unpaired) electrons. The first-order valence-corrected chi connectivity index (χ1v) is 29.1. The molecule has 0 saturated carbocycles. The second kappa shape index (κ2) is 19.0. The highest BCUT2D eigenvalue weighted by molar-refractivity contribution is 6.21. The van der Waals surface area contributed by atoms with Crippen LogP contribution in [0.2, 0.25) is 0 Å². The number of fused-ring (bicyclic) bond motifs is 15. The Balaban J connectivity index is 0.959. The third-order valence-electron chi connectivity index (χ3n) is 17.8. The van der Waals surface area contributed by atoms with Gasteiger partial charge in [0.2, 0.25) is 0 Å². The van der Waals surface area contributed by atoms with Crippen LogP contribution in [0.25, 0.3) is 87.3 Å². The molecule has 0 atom stereocenters. The smallest absolute Gasteiger partial charge is 0.159 e. The van der Waals surface area contributed by atoms with Crippen molar-refractivity contribution in [2.75, 3.05) is 9.80 Å². The van der Waals surface area contributed by atoms with Gasteiger partial charge in [-0.1, -0.05) is 210 Å². The largest absolute Gasteiger partial charge is 0.454 e. The number of nitrogens with zero attached hydrogens (tertiary/aromatic N) is 2. The van der Waals surface area contributed by atoms with E-state index in [4.69, 9.17) is 8.83 Å². The Bertz CT molecular complexity index is 4990. The van der Waals surface area contributed by atoms with Gasteiger partial charge < -0.3 is 18.6 Å². The lowest BCUT2D eigenvalue weighted by Crippen LogP contribution is -2.29. The summed E-state index contributed by atoms with van der Waals surface area (Å²) in [5, 5.41) is 11.6. The summed E-state index contributed by atoms with van der Waals surface area (Å²) in [5.74, 6) is 0.801. The molecule has 4 nitrogen and oxygen atoms in total. The molecule has 2 aromatic heterocycles. The van der Waals surface area contributed by atoms with Gasteiger partial charge in [-0.3, -0.25) is 0 Å². The molecule has 16 rings (SSSR count). The van der Waals surface area contributed by atoms with E-state index in [2.05, 4.69) is 298 Å². The van der Waals surface area contributed by atoms with Crippen LogP contribution in [0.4, 0.5) is 34.1 Å². The Labute approximate surface area is 482 Å². The Morgan fingerprint density at radius 1 is 0.325 bits per heavy atom. The second-order valence-corrected chi connectivity index (χ2v) is 23.1. The van der Waals surface area contributed by atoms with Crippen molar-refractivity contribution in [2.45, 2.75) is 44.9 Å². The summed E-state index contributed by atoms with van der Waals surface area (Å²) in [6.45, 7) is 9.01. The highest BCUT2D eigenvalue weighted by atomic mass is 16.3. The molecule has 1 aliphatic carbocycles. The molecule has 0 aliphatic heterocycles. The number of furan rings is 2. The molecule has 83 heavy (non-hydrogen) atoms. The van der Waals surface area contributed by atoms with Gasteiger partial charge in [-0.2, -0.15) is 0 Å². The third kappa shape index (κ3) is 7.45. The topological polar surface area (TPSA) is 32.8 Å². The molecule has 0 fully saturated rings. The van der Waals surface area contributed by atoms with Gasteiger partial charge in [-0.15, -0.1) is 0 Å². The van der Waals surface area contributed by atoms with Crippen molar-refractivity contribution in [1.29, 1.82) is 0 Å². The van der Waals surface area contributed by atoms with E-state index >= 15 is 0 Å². The van der Waals surface area contributed by atoms with Crippen molar-refractivity contribution in [3.63, 3.8) is 0 Å². The average Bonchev–Trinajstić information content (AvgIpc) is 1.60. The molecular weight excluding hydrogens is 1010 g/mol. The quantitative estimate of drug-likeness (QED) is 0.128. The van der Waals surface area contributed by atoms with Crippen LogP contribution in [-0.2, 0) is 5.41 Å². The van der Waals surface area contributed by atoms with Crippen molar-refractivity contribution in [1.82, 2.24) is 0 Å². The van der Waals surface area contributed by atoms with Crippen LogP contribution in [-0.4, -0.2) is 0 Å². The zero-order valence-electron chi connectivity index (χ0n) is 46.8. The highest BCUT2D eigenvalue weighted by Crippen LogP contribution is 2.61. The summed E-state index contributed by atoms with van der Waals surface area (Å²) in [6, 6.07) is 98.7. The lowest BCUT2D eigenvalue weighted by atomic mass is 9.66. The van der Waals surface area contributed by atoms with Gasteiger partial charge in [0.05, 0.1) is 16.8 Å². The Morgan fingerprint density at radius 2 is 0.783 bits per heavy atom. The van der Waals surface area contributed by atoms with E-state index in [0.717, 1.165) is 83.4 Å². The SMILES string of the molecule is CC(C)c1ccc(N(c2ccc3cc4c(cc3c2)C(c2ccccc2)(c2ccccc2)c2c-4c3ccccc3c3cc(N(c4ccc(C(C)C)cc4)c4cccc5c4oc4ccccc45)ccc23)c2cccc3c2oc2ccccc23)cc1. The van der Waals surface area contributed by atoms with E-state index < -0.39 is 5.41 Å². The van der Waals surface area contributed by atoms with Crippen LogP contribution in [0.15, 0.2) is 276 Å². The molecule has 15 aromatic rings. The molecule has 0 N–H and O–H groups in total. The standard InChI is InChI=1S/C79H58N2O2/c1-49(2)51-33-38-57(39-34-51)80(71-29-17-27-66-62-24-13-15-31-73(62)82-77(66)71)59-42-37-53-46-69-70(47-54(53)45-59)79(55-19-7-5-8-20-55,56-21-9-6-10-22-56)76-65-44-43-60(48-68(65)61-23-11-12-26-64(61)75(69)76)81(58-40-35-52(36-41-58)50(3)4)72-30-18-28-67-63-25-14-16-32-74(63)83-78(67)72/h5-50H,1-4H3. The zero-order valence-corrected chi connectivity index (χ0v) is 46.8. The maximum absolute atomic E-state index is 6.84. The summed E-state index contributed by atoms with van der Waals surface area (Å²) < 4.78 is 13.6. The summed E-state index contributed by atoms with van der Waals surface area (Å²) in [4.78, 5) is 4.78. The Hall–Kier alpha value is -10.2. The molecule has 1 aliphatic rings. The maximum atomic E-state index is 6.84. The van der Waals surface area contributed by atoms with Crippen molar-refractivity contribution in [2.24, 2.45) is 0 Å². The fourth-order valence-corrected chi connectivity index (χ4v) is 13.9. The normalized spacial score (nSPS) is 12.9. The Kier molecular flexibility index (Phi) is 11.1. The van der Waals surface area contributed by atoms with Crippen LogP contribution in [0.3, 0.4) is 0 Å². The van der Waals surface area contributed by atoms with E-state index in [9.17, 15) is 0 Å². The molecular formula is C79H58N2O2. The lowest BCUT2D eigenvalue weighted by molar-refractivity contribution is 0.668. The lowest BCUT2D eigenvalue weighted by Gasteiger charge is -2.35. The second-order valence-electron chi connectivity index (χ2n) is 23.1. The number of anilines is 6. The summed E-state index contributed by atoms with van der Waals surface area (Å²) in [7, 11) is 0. The van der Waals surface area contributed by atoms with Crippen LogP contribution in [0.1, 0.15) is 72.9 Å². The van der Waals surface area contributed by atoms with Crippen molar-refractivity contribution < 1.29 is 8.83 Å². The molecule has 0 unspecified atom stereocenters. The first-order chi connectivity index (χ1) is 40.8. The van der Waals surface area contributed by atoms with Gasteiger partial charge in [-0.25, -0.2) is 0 Å². The molecule has 0 amide bonds. The fraction of sp³-hybridized carbons (Fsp3) is 0.0886. The maximum Gasteiger partial charge on any atom is 0.159 e. The van der Waals surface area contributed by atoms with E-state index in [0.29, 0.717) is 11.8 Å².